The number of carbonyl (C=O) groups is 1. The molecule has 0 aliphatic rings. The standard InChI is InChI=1S/C14H8FNO2S2/c15-10-6-5-8(7-9(10)13(17)18)19-14-16-11-3-1-2-4-12(11)20-14/h1-7H,(H,17,18). The predicted molar refractivity (Wildman–Crippen MR) is 77.1 cm³/mol. The highest BCUT2D eigenvalue weighted by molar-refractivity contribution is 8.01. The first kappa shape index (κ1) is 13.1. The van der Waals surface area contributed by atoms with E-state index >= 15 is 0 Å². The van der Waals surface area contributed by atoms with Crippen molar-refractivity contribution in [3.8, 4) is 0 Å². The fraction of sp³-hybridized carbons (Fsp3) is 0. The molecular weight excluding hydrogens is 297 g/mol. The molecule has 0 amide bonds. The zero-order valence-corrected chi connectivity index (χ0v) is 11.7. The summed E-state index contributed by atoms with van der Waals surface area (Å²) in [5.41, 5.74) is 0.580. The van der Waals surface area contributed by atoms with E-state index < -0.39 is 11.8 Å². The normalized spacial score (nSPS) is 10.8. The highest BCUT2D eigenvalue weighted by atomic mass is 32.2. The molecule has 0 aliphatic heterocycles. The van der Waals surface area contributed by atoms with Crippen molar-refractivity contribution in [1.82, 2.24) is 4.98 Å². The van der Waals surface area contributed by atoms with E-state index in [0.29, 0.717) is 4.90 Å². The number of benzene rings is 2. The lowest BCUT2D eigenvalue weighted by molar-refractivity contribution is 0.0691. The molecular formula is C14H8FNO2S2. The van der Waals surface area contributed by atoms with Gasteiger partial charge in [-0.3, -0.25) is 0 Å². The van der Waals surface area contributed by atoms with Gasteiger partial charge < -0.3 is 5.11 Å². The number of hydrogen-bond acceptors (Lipinski definition) is 4. The number of hydrogen-bond donors (Lipinski definition) is 1. The van der Waals surface area contributed by atoms with Gasteiger partial charge in [-0.1, -0.05) is 23.9 Å². The van der Waals surface area contributed by atoms with Crippen LogP contribution in [0.3, 0.4) is 0 Å². The van der Waals surface area contributed by atoms with Gasteiger partial charge in [-0.05, 0) is 30.3 Å². The number of thiazole rings is 1. The first-order chi connectivity index (χ1) is 9.63. The Morgan fingerprint density at radius 3 is 2.80 bits per heavy atom. The number of aromatic nitrogens is 1. The predicted octanol–water partition coefficient (Wildman–Crippen LogP) is 4.28. The molecule has 0 fully saturated rings. The number of carboxylic acids is 1. The van der Waals surface area contributed by atoms with Crippen LogP contribution in [0.2, 0.25) is 0 Å². The summed E-state index contributed by atoms with van der Waals surface area (Å²) in [5.74, 6) is -2.00. The molecule has 3 nitrogen and oxygen atoms in total. The van der Waals surface area contributed by atoms with Crippen molar-refractivity contribution in [3.63, 3.8) is 0 Å². The zero-order chi connectivity index (χ0) is 14.1. The minimum atomic E-state index is -1.27. The molecule has 0 radical (unpaired) electrons. The van der Waals surface area contributed by atoms with Crippen LogP contribution in [0.1, 0.15) is 10.4 Å². The first-order valence-corrected chi connectivity index (χ1v) is 7.33. The summed E-state index contributed by atoms with van der Waals surface area (Å²) < 4.78 is 15.2. The molecule has 3 aromatic rings. The summed E-state index contributed by atoms with van der Waals surface area (Å²) in [4.78, 5) is 16.0. The number of nitrogens with zero attached hydrogens (tertiary/aromatic N) is 1. The van der Waals surface area contributed by atoms with Crippen LogP contribution in [0.4, 0.5) is 4.39 Å². The van der Waals surface area contributed by atoms with E-state index in [-0.39, 0.29) is 5.56 Å². The molecule has 0 bridgehead atoms. The van der Waals surface area contributed by atoms with Crippen molar-refractivity contribution >= 4 is 39.3 Å². The van der Waals surface area contributed by atoms with Gasteiger partial charge in [0.25, 0.3) is 0 Å². The molecule has 3 rings (SSSR count). The molecule has 1 N–H and O–H groups in total. The van der Waals surface area contributed by atoms with E-state index in [2.05, 4.69) is 4.98 Å². The van der Waals surface area contributed by atoms with Crippen LogP contribution in [0, 0.1) is 5.82 Å². The Hall–Kier alpha value is -1.92. The van der Waals surface area contributed by atoms with Crippen molar-refractivity contribution in [2.45, 2.75) is 9.24 Å². The van der Waals surface area contributed by atoms with Crippen LogP contribution in [-0.2, 0) is 0 Å². The van der Waals surface area contributed by atoms with E-state index in [4.69, 9.17) is 5.11 Å². The van der Waals surface area contributed by atoms with Gasteiger partial charge in [-0.2, -0.15) is 0 Å². The summed E-state index contributed by atoms with van der Waals surface area (Å²) in [6, 6.07) is 11.8. The van der Waals surface area contributed by atoms with Gasteiger partial charge in [0.05, 0.1) is 15.8 Å². The molecule has 0 aliphatic carbocycles. The van der Waals surface area contributed by atoms with E-state index in [9.17, 15) is 9.18 Å². The molecule has 0 unspecified atom stereocenters. The summed E-state index contributed by atoms with van der Waals surface area (Å²) in [6.07, 6.45) is 0. The number of rotatable bonds is 3. The Bertz CT molecular complexity index is 768. The van der Waals surface area contributed by atoms with Gasteiger partial charge in [-0.25, -0.2) is 14.2 Å². The highest BCUT2D eigenvalue weighted by Crippen LogP contribution is 2.34. The van der Waals surface area contributed by atoms with Gasteiger partial charge in [-0.15, -0.1) is 11.3 Å². The second kappa shape index (κ2) is 5.22. The van der Waals surface area contributed by atoms with Crippen molar-refractivity contribution < 1.29 is 14.3 Å². The van der Waals surface area contributed by atoms with Crippen molar-refractivity contribution in [2.24, 2.45) is 0 Å². The van der Waals surface area contributed by atoms with Crippen LogP contribution in [0.5, 0.6) is 0 Å². The van der Waals surface area contributed by atoms with E-state index in [0.717, 1.165) is 14.6 Å². The molecule has 0 spiro atoms. The maximum Gasteiger partial charge on any atom is 0.338 e. The topological polar surface area (TPSA) is 50.2 Å². The minimum Gasteiger partial charge on any atom is -0.478 e. The number of aromatic carboxylic acids is 1. The summed E-state index contributed by atoms with van der Waals surface area (Å²) in [5, 5.41) is 8.91. The van der Waals surface area contributed by atoms with Crippen molar-refractivity contribution in [3.05, 3.63) is 53.8 Å². The van der Waals surface area contributed by atoms with Gasteiger partial charge in [0.15, 0.2) is 4.34 Å². The molecule has 2 aromatic carbocycles. The van der Waals surface area contributed by atoms with Gasteiger partial charge in [0.1, 0.15) is 5.82 Å². The first-order valence-electron chi connectivity index (χ1n) is 5.70. The molecule has 1 aromatic heterocycles. The fourth-order valence-electron chi connectivity index (χ4n) is 1.73. The molecule has 0 saturated carbocycles. The van der Waals surface area contributed by atoms with Crippen molar-refractivity contribution in [2.75, 3.05) is 0 Å². The SMILES string of the molecule is O=C(O)c1cc(Sc2nc3ccccc3s2)ccc1F. The molecule has 20 heavy (non-hydrogen) atoms. The van der Waals surface area contributed by atoms with Gasteiger partial charge >= 0.3 is 5.97 Å². The molecule has 0 atom stereocenters. The minimum absolute atomic E-state index is 0.323. The number of fused-ring (bicyclic) bond motifs is 1. The lowest BCUT2D eigenvalue weighted by atomic mass is 10.2. The maximum atomic E-state index is 13.3. The van der Waals surface area contributed by atoms with Crippen LogP contribution in [-0.4, -0.2) is 16.1 Å². The second-order valence-corrected chi connectivity index (χ2v) is 6.35. The lowest BCUT2D eigenvalue weighted by Gasteiger charge is -2.01. The van der Waals surface area contributed by atoms with E-state index in [1.807, 2.05) is 24.3 Å². The summed E-state index contributed by atoms with van der Waals surface area (Å²) in [7, 11) is 0. The van der Waals surface area contributed by atoms with Gasteiger partial charge in [0, 0.05) is 4.90 Å². The average Bonchev–Trinajstić information content (AvgIpc) is 2.82. The van der Waals surface area contributed by atoms with Gasteiger partial charge in [0.2, 0.25) is 0 Å². The van der Waals surface area contributed by atoms with E-state index in [1.54, 1.807) is 6.07 Å². The third kappa shape index (κ3) is 2.52. The number of para-hydroxylation sites is 1. The molecule has 100 valence electrons. The molecule has 0 saturated heterocycles. The monoisotopic (exact) mass is 305 g/mol. The smallest absolute Gasteiger partial charge is 0.338 e. The largest absolute Gasteiger partial charge is 0.478 e. The Labute approximate surface area is 122 Å². The lowest BCUT2D eigenvalue weighted by Crippen LogP contribution is -2.00. The molecule has 6 heteroatoms. The Morgan fingerprint density at radius 1 is 1.25 bits per heavy atom. The van der Waals surface area contributed by atoms with Crippen LogP contribution in [0.15, 0.2) is 51.7 Å². The molecule has 1 heterocycles. The van der Waals surface area contributed by atoms with Crippen molar-refractivity contribution in [1.29, 1.82) is 0 Å². The quantitative estimate of drug-likeness (QED) is 0.784. The third-order valence-corrected chi connectivity index (χ3v) is 4.73. The maximum absolute atomic E-state index is 13.3. The Balaban J connectivity index is 1.94. The second-order valence-electron chi connectivity index (χ2n) is 4.00. The third-order valence-electron chi connectivity index (χ3n) is 2.65. The summed E-state index contributed by atoms with van der Waals surface area (Å²) >= 11 is 2.85. The number of carboxylic acid groups (broad SMARTS) is 1. The zero-order valence-electron chi connectivity index (χ0n) is 10.0. The van der Waals surface area contributed by atoms with Crippen LogP contribution >= 0.6 is 23.1 Å². The Kier molecular flexibility index (Phi) is 3.42. The number of halogens is 1. The van der Waals surface area contributed by atoms with Crippen LogP contribution < -0.4 is 0 Å². The summed E-state index contributed by atoms with van der Waals surface area (Å²) in [6.45, 7) is 0. The van der Waals surface area contributed by atoms with Crippen LogP contribution in [0.25, 0.3) is 10.2 Å². The highest BCUT2D eigenvalue weighted by Gasteiger charge is 2.12. The fourth-order valence-corrected chi connectivity index (χ4v) is 3.81. The Morgan fingerprint density at radius 2 is 2.05 bits per heavy atom. The van der Waals surface area contributed by atoms with E-state index in [1.165, 1.54) is 35.2 Å². The average molecular weight is 305 g/mol.